The zero-order chi connectivity index (χ0) is 19.1. The highest BCUT2D eigenvalue weighted by Gasteiger charge is 2.17. The van der Waals surface area contributed by atoms with Crippen LogP contribution in [0.5, 0.6) is 11.5 Å². The Labute approximate surface area is 153 Å². The molecule has 0 bridgehead atoms. The van der Waals surface area contributed by atoms with Crippen molar-refractivity contribution in [2.24, 2.45) is 5.10 Å². The maximum Gasteiger partial charge on any atom is 0.262 e. The molecule has 0 heterocycles. The van der Waals surface area contributed by atoms with Crippen LogP contribution in [-0.4, -0.2) is 27.9 Å². The van der Waals surface area contributed by atoms with Crippen molar-refractivity contribution in [3.63, 3.8) is 0 Å². The van der Waals surface area contributed by atoms with E-state index in [1.54, 1.807) is 13.0 Å². The van der Waals surface area contributed by atoms with Gasteiger partial charge in [-0.25, -0.2) is 5.43 Å². The van der Waals surface area contributed by atoms with E-state index in [9.17, 15) is 15.0 Å². The minimum atomic E-state index is -0.422. The molecule has 26 heavy (non-hydrogen) atoms. The van der Waals surface area contributed by atoms with Crippen LogP contribution in [0.4, 0.5) is 5.69 Å². The van der Waals surface area contributed by atoms with E-state index in [-0.39, 0.29) is 17.4 Å². The number of para-hydroxylation sites is 1. The average molecular weight is 355 g/mol. The SMILES string of the molecule is CC/C(=N\NC(=O)C(CC)Nc1ccccc1)c1ccc(O)c(C)c1O. The number of rotatable bonds is 7. The Morgan fingerprint density at radius 3 is 2.42 bits per heavy atom. The number of phenolic OH excluding ortho intramolecular Hbond substituents is 2. The van der Waals surface area contributed by atoms with Crippen molar-refractivity contribution in [3.8, 4) is 11.5 Å². The van der Waals surface area contributed by atoms with E-state index in [4.69, 9.17) is 0 Å². The molecule has 0 aliphatic heterocycles. The fraction of sp³-hybridized carbons (Fsp3) is 0.300. The first kappa shape index (κ1) is 19.3. The van der Waals surface area contributed by atoms with Crippen molar-refractivity contribution in [1.29, 1.82) is 0 Å². The van der Waals surface area contributed by atoms with Crippen molar-refractivity contribution >= 4 is 17.3 Å². The van der Waals surface area contributed by atoms with E-state index in [0.717, 1.165) is 5.69 Å². The van der Waals surface area contributed by atoms with Crippen LogP contribution in [0.25, 0.3) is 0 Å². The Kier molecular flexibility index (Phi) is 6.60. The molecular formula is C20H25N3O3. The minimum absolute atomic E-state index is 0.0175. The minimum Gasteiger partial charge on any atom is -0.508 e. The summed E-state index contributed by atoms with van der Waals surface area (Å²) < 4.78 is 0. The van der Waals surface area contributed by atoms with E-state index in [0.29, 0.717) is 29.7 Å². The highest BCUT2D eigenvalue weighted by Crippen LogP contribution is 2.30. The molecule has 0 aliphatic rings. The molecule has 1 amide bonds. The summed E-state index contributed by atoms with van der Waals surface area (Å²) in [7, 11) is 0. The molecule has 0 aliphatic carbocycles. The summed E-state index contributed by atoms with van der Waals surface area (Å²) in [6.07, 6.45) is 1.11. The van der Waals surface area contributed by atoms with Gasteiger partial charge in [-0.1, -0.05) is 32.0 Å². The topological polar surface area (TPSA) is 94.0 Å². The first-order chi connectivity index (χ1) is 12.5. The monoisotopic (exact) mass is 355 g/mol. The lowest BCUT2D eigenvalue weighted by atomic mass is 10.0. The fourth-order valence-corrected chi connectivity index (χ4v) is 2.54. The van der Waals surface area contributed by atoms with Gasteiger partial charge in [-0.2, -0.15) is 5.10 Å². The van der Waals surface area contributed by atoms with Crippen LogP contribution >= 0.6 is 0 Å². The zero-order valence-corrected chi connectivity index (χ0v) is 15.3. The third-order valence-electron chi connectivity index (χ3n) is 4.19. The van der Waals surface area contributed by atoms with Crippen molar-refractivity contribution < 1.29 is 15.0 Å². The van der Waals surface area contributed by atoms with E-state index in [1.165, 1.54) is 6.07 Å². The third-order valence-corrected chi connectivity index (χ3v) is 4.19. The Hall–Kier alpha value is -3.02. The van der Waals surface area contributed by atoms with Crippen LogP contribution in [0.2, 0.25) is 0 Å². The van der Waals surface area contributed by atoms with E-state index in [1.807, 2.05) is 44.2 Å². The number of amides is 1. The lowest BCUT2D eigenvalue weighted by Crippen LogP contribution is -2.37. The van der Waals surface area contributed by atoms with Crippen LogP contribution in [-0.2, 0) is 4.79 Å². The standard InChI is InChI=1S/C20H25N3O3/c1-4-16(15-11-12-18(24)13(3)19(15)25)22-23-20(26)17(5-2)21-14-9-7-6-8-10-14/h6-12,17,21,24-25H,4-5H2,1-3H3,(H,23,26)/b22-16+. The molecule has 0 saturated heterocycles. The number of anilines is 1. The van der Waals surface area contributed by atoms with Gasteiger partial charge in [0.2, 0.25) is 0 Å². The largest absolute Gasteiger partial charge is 0.508 e. The predicted molar refractivity (Wildman–Crippen MR) is 104 cm³/mol. The molecule has 0 spiro atoms. The quantitative estimate of drug-likeness (QED) is 0.451. The van der Waals surface area contributed by atoms with Crippen LogP contribution in [0.15, 0.2) is 47.6 Å². The van der Waals surface area contributed by atoms with Gasteiger partial charge in [-0.3, -0.25) is 4.79 Å². The maximum absolute atomic E-state index is 12.5. The molecule has 0 aromatic heterocycles. The molecule has 138 valence electrons. The second-order valence-electron chi connectivity index (χ2n) is 5.97. The lowest BCUT2D eigenvalue weighted by Gasteiger charge is -2.17. The maximum atomic E-state index is 12.5. The van der Waals surface area contributed by atoms with Gasteiger partial charge in [0, 0.05) is 16.8 Å². The Bertz CT molecular complexity index is 788. The molecule has 4 N–H and O–H groups in total. The van der Waals surface area contributed by atoms with Gasteiger partial charge in [0.05, 0.1) is 5.71 Å². The summed E-state index contributed by atoms with van der Waals surface area (Å²) >= 11 is 0. The average Bonchev–Trinajstić information content (AvgIpc) is 2.66. The number of benzene rings is 2. The van der Waals surface area contributed by atoms with Crippen molar-refractivity contribution in [1.82, 2.24) is 5.43 Å². The second kappa shape index (κ2) is 8.89. The Morgan fingerprint density at radius 1 is 1.12 bits per heavy atom. The van der Waals surface area contributed by atoms with Crippen LogP contribution < -0.4 is 10.7 Å². The number of hydrazone groups is 1. The number of hydrogen-bond donors (Lipinski definition) is 4. The van der Waals surface area contributed by atoms with Gasteiger partial charge in [0.15, 0.2) is 0 Å². The number of hydrogen-bond acceptors (Lipinski definition) is 5. The second-order valence-corrected chi connectivity index (χ2v) is 5.97. The predicted octanol–water partition coefficient (Wildman–Crippen LogP) is 3.53. The summed E-state index contributed by atoms with van der Waals surface area (Å²) in [5.74, 6) is -0.268. The van der Waals surface area contributed by atoms with Gasteiger partial charge in [0.1, 0.15) is 17.5 Å². The summed E-state index contributed by atoms with van der Waals surface area (Å²) in [6, 6.07) is 12.2. The Balaban J connectivity index is 2.14. The number of nitrogens with one attached hydrogen (secondary N) is 2. The van der Waals surface area contributed by atoms with E-state index < -0.39 is 6.04 Å². The normalized spacial score (nSPS) is 12.5. The molecule has 0 fully saturated rings. The molecule has 0 radical (unpaired) electrons. The number of carbonyl (C=O) groups excluding carboxylic acids is 1. The highest BCUT2D eigenvalue weighted by molar-refractivity contribution is 6.03. The number of carbonyl (C=O) groups is 1. The molecule has 1 unspecified atom stereocenters. The summed E-state index contributed by atoms with van der Waals surface area (Å²) in [4.78, 5) is 12.5. The lowest BCUT2D eigenvalue weighted by molar-refractivity contribution is -0.121. The smallest absolute Gasteiger partial charge is 0.262 e. The highest BCUT2D eigenvalue weighted by atomic mass is 16.3. The number of aromatic hydroxyl groups is 2. The molecular weight excluding hydrogens is 330 g/mol. The van der Waals surface area contributed by atoms with Crippen LogP contribution in [0.1, 0.15) is 37.8 Å². The molecule has 1 atom stereocenters. The van der Waals surface area contributed by atoms with Gasteiger partial charge in [-0.15, -0.1) is 0 Å². The zero-order valence-electron chi connectivity index (χ0n) is 15.3. The molecule has 0 saturated carbocycles. The first-order valence-electron chi connectivity index (χ1n) is 8.67. The van der Waals surface area contributed by atoms with Crippen LogP contribution in [0, 0.1) is 6.92 Å². The number of nitrogens with zero attached hydrogens (tertiary/aromatic N) is 1. The fourth-order valence-electron chi connectivity index (χ4n) is 2.54. The third kappa shape index (κ3) is 4.53. The van der Waals surface area contributed by atoms with Gasteiger partial charge >= 0.3 is 0 Å². The van der Waals surface area contributed by atoms with Gasteiger partial charge in [0.25, 0.3) is 5.91 Å². The molecule has 2 aromatic rings. The molecule has 6 nitrogen and oxygen atoms in total. The molecule has 6 heteroatoms. The van der Waals surface area contributed by atoms with E-state index >= 15 is 0 Å². The van der Waals surface area contributed by atoms with Crippen LogP contribution in [0.3, 0.4) is 0 Å². The number of phenols is 2. The van der Waals surface area contributed by atoms with E-state index in [2.05, 4.69) is 15.8 Å². The summed E-state index contributed by atoms with van der Waals surface area (Å²) in [5.41, 5.74) is 4.85. The Morgan fingerprint density at radius 2 is 1.81 bits per heavy atom. The van der Waals surface area contributed by atoms with Gasteiger partial charge < -0.3 is 15.5 Å². The summed E-state index contributed by atoms with van der Waals surface area (Å²) in [6.45, 7) is 5.42. The molecule has 2 rings (SSSR count). The van der Waals surface area contributed by atoms with Crippen molar-refractivity contribution in [2.45, 2.75) is 39.7 Å². The van der Waals surface area contributed by atoms with Crippen molar-refractivity contribution in [2.75, 3.05) is 5.32 Å². The molecule has 2 aromatic carbocycles. The van der Waals surface area contributed by atoms with Crippen molar-refractivity contribution in [3.05, 3.63) is 53.6 Å². The summed E-state index contributed by atoms with van der Waals surface area (Å²) in [5, 5.41) is 27.3. The first-order valence-corrected chi connectivity index (χ1v) is 8.67. The van der Waals surface area contributed by atoms with Gasteiger partial charge in [-0.05, 0) is 44.0 Å².